The standard InChI is InChI=1S/C28H19NO/c1-17-14-27(30)29-28-23-13-7-6-12-22(23)26(16-24(17)28)25-15-18-8-2-3-9-19(18)20-10-4-5-11-21(20)25/h2-16H,1H3,(H,29,30). The lowest BCUT2D eigenvalue weighted by molar-refractivity contribution is 1.29. The summed E-state index contributed by atoms with van der Waals surface area (Å²) in [7, 11) is 0. The molecule has 6 aromatic rings. The minimum Gasteiger partial charge on any atom is -0.321 e. The highest BCUT2D eigenvalue weighted by Gasteiger charge is 2.14. The quantitative estimate of drug-likeness (QED) is 0.305. The molecule has 0 atom stereocenters. The van der Waals surface area contributed by atoms with Crippen LogP contribution in [0.25, 0.3) is 54.3 Å². The highest BCUT2D eigenvalue weighted by Crippen LogP contribution is 2.40. The number of aromatic amines is 1. The maximum atomic E-state index is 12.2. The van der Waals surface area contributed by atoms with E-state index in [-0.39, 0.29) is 5.56 Å². The molecule has 2 nitrogen and oxygen atoms in total. The number of aryl methyl sites for hydroxylation is 1. The van der Waals surface area contributed by atoms with Gasteiger partial charge in [0.2, 0.25) is 5.56 Å². The van der Waals surface area contributed by atoms with E-state index in [4.69, 9.17) is 0 Å². The van der Waals surface area contributed by atoms with Gasteiger partial charge in [0.1, 0.15) is 0 Å². The zero-order chi connectivity index (χ0) is 20.2. The smallest absolute Gasteiger partial charge is 0.248 e. The topological polar surface area (TPSA) is 32.9 Å². The average molecular weight is 385 g/mol. The summed E-state index contributed by atoms with van der Waals surface area (Å²) in [6.45, 7) is 2.01. The van der Waals surface area contributed by atoms with Gasteiger partial charge in [0.05, 0.1) is 5.52 Å². The van der Waals surface area contributed by atoms with Gasteiger partial charge in [-0.2, -0.15) is 0 Å². The SMILES string of the molecule is Cc1cc(=O)[nH]c2c1cc(-c1cc3ccccc3c3ccccc13)c1ccccc12. The lowest BCUT2D eigenvalue weighted by Crippen LogP contribution is -2.05. The van der Waals surface area contributed by atoms with Crippen molar-refractivity contribution in [3.63, 3.8) is 0 Å². The second-order valence-electron chi connectivity index (χ2n) is 7.90. The van der Waals surface area contributed by atoms with Gasteiger partial charge in [0.25, 0.3) is 0 Å². The molecule has 0 spiro atoms. The van der Waals surface area contributed by atoms with E-state index in [2.05, 4.69) is 83.8 Å². The molecular formula is C28H19NO. The van der Waals surface area contributed by atoms with E-state index in [0.29, 0.717) is 0 Å². The third kappa shape index (κ3) is 2.40. The molecule has 30 heavy (non-hydrogen) atoms. The van der Waals surface area contributed by atoms with Crippen LogP contribution in [-0.2, 0) is 0 Å². The Bertz CT molecular complexity index is 1670. The van der Waals surface area contributed by atoms with E-state index in [1.165, 1.54) is 32.7 Å². The Balaban J connectivity index is 1.85. The number of aromatic nitrogens is 1. The first-order chi connectivity index (χ1) is 14.7. The van der Waals surface area contributed by atoms with E-state index < -0.39 is 0 Å². The number of hydrogen-bond acceptors (Lipinski definition) is 1. The van der Waals surface area contributed by atoms with Crippen molar-refractivity contribution in [1.82, 2.24) is 4.98 Å². The van der Waals surface area contributed by atoms with E-state index in [9.17, 15) is 4.79 Å². The Morgan fingerprint density at radius 1 is 0.567 bits per heavy atom. The Morgan fingerprint density at radius 2 is 1.13 bits per heavy atom. The third-order valence-corrected chi connectivity index (χ3v) is 6.12. The summed E-state index contributed by atoms with van der Waals surface area (Å²) in [4.78, 5) is 15.2. The number of fused-ring (bicyclic) bond motifs is 6. The van der Waals surface area contributed by atoms with Crippen LogP contribution in [0.2, 0.25) is 0 Å². The van der Waals surface area contributed by atoms with Crippen molar-refractivity contribution in [2.75, 3.05) is 0 Å². The largest absolute Gasteiger partial charge is 0.321 e. The van der Waals surface area contributed by atoms with Gasteiger partial charge < -0.3 is 4.98 Å². The number of nitrogens with one attached hydrogen (secondary N) is 1. The fraction of sp³-hybridized carbons (Fsp3) is 0.0357. The second-order valence-corrected chi connectivity index (χ2v) is 7.90. The maximum Gasteiger partial charge on any atom is 0.248 e. The molecule has 1 heterocycles. The maximum absolute atomic E-state index is 12.2. The number of H-pyrrole nitrogens is 1. The van der Waals surface area contributed by atoms with Crippen LogP contribution < -0.4 is 5.56 Å². The molecule has 0 amide bonds. The molecule has 0 aliphatic rings. The van der Waals surface area contributed by atoms with Crippen molar-refractivity contribution >= 4 is 43.2 Å². The monoisotopic (exact) mass is 385 g/mol. The zero-order valence-electron chi connectivity index (χ0n) is 16.6. The Labute approximate surface area is 173 Å². The van der Waals surface area contributed by atoms with E-state index in [0.717, 1.165) is 27.2 Å². The molecule has 2 heteroatoms. The summed E-state index contributed by atoms with van der Waals surface area (Å²) >= 11 is 0. The first-order valence-corrected chi connectivity index (χ1v) is 10.2. The fourth-order valence-corrected chi connectivity index (χ4v) is 4.75. The average Bonchev–Trinajstić information content (AvgIpc) is 2.78. The molecule has 0 unspecified atom stereocenters. The van der Waals surface area contributed by atoms with Crippen molar-refractivity contribution in [3.05, 3.63) is 107 Å². The van der Waals surface area contributed by atoms with Crippen LogP contribution in [0.1, 0.15) is 5.56 Å². The van der Waals surface area contributed by atoms with E-state index >= 15 is 0 Å². The third-order valence-electron chi connectivity index (χ3n) is 6.12. The molecule has 0 fully saturated rings. The summed E-state index contributed by atoms with van der Waals surface area (Å²) in [6, 6.07) is 31.7. The summed E-state index contributed by atoms with van der Waals surface area (Å²) in [5.41, 5.74) is 4.24. The van der Waals surface area contributed by atoms with Crippen LogP contribution in [0, 0.1) is 6.92 Å². The van der Waals surface area contributed by atoms with Gasteiger partial charge in [-0.3, -0.25) is 4.79 Å². The molecule has 0 aliphatic carbocycles. The summed E-state index contributed by atoms with van der Waals surface area (Å²) in [5, 5.41) is 8.29. The minimum atomic E-state index is -0.0611. The molecule has 1 aromatic heterocycles. The lowest BCUT2D eigenvalue weighted by atomic mass is 9.89. The molecule has 0 radical (unpaired) electrons. The van der Waals surface area contributed by atoms with Crippen LogP contribution in [0.4, 0.5) is 0 Å². The van der Waals surface area contributed by atoms with E-state index in [1.54, 1.807) is 6.07 Å². The molecule has 0 saturated heterocycles. The summed E-state index contributed by atoms with van der Waals surface area (Å²) < 4.78 is 0. The van der Waals surface area contributed by atoms with Gasteiger partial charge in [0.15, 0.2) is 0 Å². The van der Waals surface area contributed by atoms with Gasteiger partial charge in [-0.25, -0.2) is 0 Å². The summed E-state index contributed by atoms with van der Waals surface area (Å²) in [5.74, 6) is 0. The number of rotatable bonds is 1. The van der Waals surface area contributed by atoms with Crippen LogP contribution in [0.3, 0.4) is 0 Å². The predicted octanol–water partition coefficient (Wildman–Crippen LogP) is 6.96. The lowest BCUT2D eigenvalue weighted by Gasteiger charge is -2.15. The summed E-state index contributed by atoms with van der Waals surface area (Å²) in [6.07, 6.45) is 0. The first kappa shape index (κ1) is 17.0. The minimum absolute atomic E-state index is 0.0611. The Kier molecular flexibility index (Phi) is 3.57. The van der Waals surface area contributed by atoms with Gasteiger partial charge in [-0.1, -0.05) is 72.8 Å². The Hall–Kier alpha value is -3.91. The second kappa shape index (κ2) is 6.30. The zero-order valence-corrected chi connectivity index (χ0v) is 16.6. The number of benzene rings is 5. The first-order valence-electron chi connectivity index (χ1n) is 10.2. The van der Waals surface area contributed by atoms with Crippen molar-refractivity contribution < 1.29 is 0 Å². The van der Waals surface area contributed by atoms with Gasteiger partial charge in [-0.05, 0) is 62.7 Å². The molecule has 0 bridgehead atoms. The molecule has 1 N–H and O–H groups in total. The van der Waals surface area contributed by atoms with Gasteiger partial charge >= 0.3 is 0 Å². The van der Waals surface area contributed by atoms with Crippen LogP contribution in [-0.4, -0.2) is 4.98 Å². The van der Waals surface area contributed by atoms with Crippen molar-refractivity contribution in [1.29, 1.82) is 0 Å². The van der Waals surface area contributed by atoms with Crippen LogP contribution >= 0.6 is 0 Å². The fourth-order valence-electron chi connectivity index (χ4n) is 4.75. The molecule has 142 valence electrons. The molecule has 5 aromatic carbocycles. The van der Waals surface area contributed by atoms with Crippen molar-refractivity contribution in [3.8, 4) is 11.1 Å². The molecule has 0 saturated carbocycles. The van der Waals surface area contributed by atoms with Gasteiger partial charge in [0, 0.05) is 16.8 Å². The van der Waals surface area contributed by atoms with Gasteiger partial charge in [-0.15, -0.1) is 0 Å². The van der Waals surface area contributed by atoms with E-state index in [1.807, 2.05) is 13.0 Å². The highest BCUT2D eigenvalue weighted by molar-refractivity contribution is 6.19. The number of pyridine rings is 1. The molecular weight excluding hydrogens is 366 g/mol. The van der Waals surface area contributed by atoms with Crippen molar-refractivity contribution in [2.45, 2.75) is 6.92 Å². The van der Waals surface area contributed by atoms with Crippen LogP contribution in [0.15, 0.2) is 95.8 Å². The van der Waals surface area contributed by atoms with Crippen molar-refractivity contribution in [2.24, 2.45) is 0 Å². The Morgan fingerprint density at radius 3 is 1.90 bits per heavy atom. The predicted molar refractivity (Wildman–Crippen MR) is 127 cm³/mol. The van der Waals surface area contributed by atoms with Crippen LogP contribution in [0.5, 0.6) is 0 Å². The normalized spacial score (nSPS) is 11.6. The molecule has 6 rings (SSSR count). The number of hydrogen-bond donors (Lipinski definition) is 1. The molecule has 0 aliphatic heterocycles. The highest BCUT2D eigenvalue weighted by atomic mass is 16.1.